The number of nitrogens with one attached hydrogen (secondary N) is 2. The van der Waals surface area contributed by atoms with E-state index < -0.39 is 24.5 Å². The zero-order valence-electron chi connectivity index (χ0n) is 36.8. The van der Waals surface area contributed by atoms with Gasteiger partial charge in [-0.15, -0.1) is 0 Å². The van der Waals surface area contributed by atoms with Crippen LogP contribution in [0.3, 0.4) is 0 Å². The molecule has 2 atom stereocenters. The Morgan fingerprint density at radius 2 is 0.948 bits per heavy atom. The van der Waals surface area contributed by atoms with Crippen LogP contribution in [0.2, 0.25) is 0 Å². The summed E-state index contributed by atoms with van der Waals surface area (Å²) in [5, 5.41) is 22.6. The second-order valence-corrected chi connectivity index (χ2v) is 15.5. The fourth-order valence-corrected chi connectivity index (χ4v) is 6.56. The first-order valence-corrected chi connectivity index (χ1v) is 23.2. The molecule has 0 rings (SSSR count). The van der Waals surface area contributed by atoms with E-state index in [1.165, 1.54) is 89.9 Å². The van der Waals surface area contributed by atoms with E-state index in [-0.39, 0.29) is 37.4 Å². The number of hydrogen-bond acceptors (Lipinski definition) is 6. The standard InChI is InChI=1S/C49H84N2O7/c1-3-5-7-9-11-13-15-17-19-21-23-25-27-30-34-38-44(39-35-31-29-32-36-40-46(53)50-42-47(54)51-45(43-52)49(56)57)58-48(55)41-37-33-28-26-24-22-20-18-16-14-12-10-8-6-4-2/h6,8,12,14,18,20,24,26,33,37,44-45,52H,3-5,7,9-11,13,15-17,19,21-23,25,27-32,34-36,38-43H2,1-2H3,(H,50,53)(H,51,54)(H,56,57)/b8-6-,14-12-,20-18-,26-24-,37-33-. The van der Waals surface area contributed by atoms with Crippen LogP contribution in [0.15, 0.2) is 60.8 Å². The highest BCUT2D eigenvalue weighted by Gasteiger charge is 2.19. The van der Waals surface area contributed by atoms with Gasteiger partial charge in [-0.2, -0.15) is 0 Å². The summed E-state index contributed by atoms with van der Waals surface area (Å²) in [6.07, 6.45) is 52.6. The molecule has 0 aromatic carbocycles. The van der Waals surface area contributed by atoms with E-state index in [0.29, 0.717) is 6.42 Å². The fourth-order valence-electron chi connectivity index (χ4n) is 6.56. The zero-order valence-corrected chi connectivity index (χ0v) is 36.8. The van der Waals surface area contributed by atoms with E-state index in [0.717, 1.165) is 77.0 Å². The summed E-state index contributed by atoms with van der Waals surface area (Å²) < 4.78 is 5.98. The molecule has 332 valence electrons. The van der Waals surface area contributed by atoms with Gasteiger partial charge in [0.05, 0.1) is 19.6 Å². The lowest BCUT2D eigenvalue weighted by Gasteiger charge is -2.18. The Balaban J connectivity index is 4.46. The van der Waals surface area contributed by atoms with Crippen molar-refractivity contribution in [3.05, 3.63) is 60.8 Å². The predicted molar refractivity (Wildman–Crippen MR) is 240 cm³/mol. The largest absolute Gasteiger partial charge is 0.480 e. The lowest BCUT2D eigenvalue weighted by molar-refractivity contribution is -0.148. The Morgan fingerprint density at radius 3 is 1.38 bits per heavy atom. The number of rotatable bonds is 41. The summed E-state index contributed by atoms with van der Waals surface area (Å²) >= 11 is 0. The van der Waals surface area contributed by atoms with Crippen molar-refractivity contribution in [3.63, 3.8) is 0 Å². The Labute approximate surface area is 353 Å². The molecular weight excluding hydrogens is 729 g/mol. The quantitative estimate of drug-likeness (QED) is 0.0273. The van der Waals surface area contributed by atoms with Gasteiger partial charge < -0.3 is 25.6 Å². The summed E-state index contributed by atoms with van der Waals surface area (Å²) in [6.45, 7) is 3.36. The molecule has 0 fully saturated rings. The first-order chi connectivity index (χ1) is 28.3. The van der Waals surface area contributed by atoms with Crippen molar-refractivity contribution in [2.24, 2.45) is 0 Å². The molecule has 4 N–H and O–H groups in total. The minimum absolute atomic E-state index is 0.0688. The normalized spacial score (nSPS) is 13.0. The molecule has 0 aromatic rings. The maximum Gasteiger partial charge on any atom is 0.328 e. The van der Waals surface area contributed by atoms with Crippen molar-refractivity contribution in [3.8, 4) is 0 Å². The van der Waals surface area contributed by atoms with E-state index in [1.54, 1.807) is 0 Å². The maximum atomic E-state index is 12.8. The molecule has 9 nitrogen and oxygen atoms in total. The van der Waals surface area contributed by atoms with Gasteiger partial charge >= 0.3 is 11.9 Å². The smallest absolute Gasteiger partial charge is 0.328 e. The van der Waals surface area contributed by atoms with E-state index in [9.17, 15) is 19.2 Å². The fraction of sp³-hybridized carbons (Fsp3) is 0.714. The topological polar surface area (TPSA) is 142 Å². The van der Waals surface area contributed by atoms with Crippen LogP contribution < -0.4 is 10.6 Å². The number of carbonyl (C=O) groups excluding carboxylic acids is 3. The lowest BCUT2D eigenvalue weighted by Crippen LogP contribution is -2.47. The van der Waals surface area contributed by atoms with Crippen molar-refractivity contribution in [2.45, 2.75) is 212 Å². The van der Waals surface area contributed by atoms with Crippen LogP contribution in [-0.2, 0) is 23.9 Å². The minimum atomic E-state index is -1.39. The molecule has 58 heavy (non-hydrogen) atoms. The molecule has 9 heteroatoms. The van der Waals surface area contributed by atoms with Gasteiger partial charge in [0.25, 0.3) is 0 Å². The number of ether oxygens (including phenoxy) is 1. The molecule has 0 aliphatic heterocycles. The summed E-state index contributed by atoms with van der Waals surface area (Å²) in [4.78, 5) is 47.6. The Kier molecular flexibility index (Phi) is 40.6. The molecule has 0 aliphatic carbocycles. The lowest BCUT2D eigenvalue weighted by atomic mass is 10.0. The van der Waals surface area contributed by atoms with Crippen molar-refractivity contribution in [1.82, 2.24) is 10.6 Å². The third kappa shape index (κ3) is 39.4. The molecular formula is C49H84N2O7. The number of carboxylic acid groups (broad SMARTS) is 1. The molecule has 0 spiro atoms. The third-order valence-corrected chi connectivity index (χ3v) is 10.1. The van der Waals surface area contributed by atoms with E-state index in [4.69, 9.17) is 14.9 Å². The molecule has 2 amide bonds. The van der Waals surface area contributed by atoms with Crippen molar-refractivity contribution in [2.75, 3.05) is 13.2 Å². The van der Waals surface area contributed by atoms with Crippen LogP contribution in [0.1, 0.15) is 200 Å². The molecule has 0 radical (unpaired) electrons. The van der Waals surface area contributed by atoms with Crippen molar-refractivity contribution >= 4 is 23.8 Å². The number of allylic oxidation sites excluding steroid dienone is 9. The number of unbranched alkanes of at least 4 members (excludes halogenated alkanes) is 18. The number of aliphatic carboxylic acids is 1. The zero-order chi connectivity index (χ0) is 42.6. The number of aliphatic hydroxyl groups excluding tert-OH is 1. The number of carboxylic acids is 1. The number of hydrogen-bond donors (Lipinski definition) is 4. The number of aliphatic hydroxyl groups is 1. The number of esters is 1. The van der Waals surface area contributed by atoms with Gasteiger partial charge in [0, 0.05) is 6.42 Å². The van der Waals surface area contributed by atoms with Gasteiger partial charge in [-0.1, -0.05) is 184 Å². The average molecular weight is 813 g/mol. The van der Waals surface area contributed by atoms with E-state index in [1.807, 2.05) is 12.2 Å². The van der Waals surface area contributed by atoms with Crippen molar-refractivity contribution in [1.29, 1.82) is 0 Å². The van der Waals surface area contributed by atoms with E-state index in [2.05, 4.69) is 73.1 Å². The van der Waals surface area contributed by atoms with Gasteiger partial charge in [0.15, 0.2) is 0 Å². The summed E-state index contributed by atoms with van der Waals surface area (Å²) in [7, 11) is 0. The van der Waals surface area contributed by atoms with Crippen LogP contribution in [-0.4, -0.2) is 59.3 Å². The highest BCUT2D eigenvalue weighted by Crippen LogP contribution is 2.18. The van der Waals surface area contributed by atoms with Crippen molar-refractivity contribution < 1.29 is 34.1 Å². The minimum Gasteiger partial charge on any atom is -0.480 e. The predicted octanol–water partition coefficient (Wildman–Crippen LogP) is 11.7. The molecule has 0 saturated heterocycles. The van der Waals surface area contributed by atoms with Crippen LogP contribution in [0, 0.1) is 0 Å². The van der Waals surface area contributed by atoms with Gasteiger partial charge in [-0.25, -0.2) is 4.79 Å². The first-order valence-electron chi connectivity index (χ1n) is 23.2. The van der Waals surface area contributed by atoms with Gasteiger partial charge in [0.2, 0.25) is 11.8 Å². The summed E-state index contributed by atoms with van der Waals surface area (Å²) in [5.74, 6) is -2.43. The highest BCUT2D eigenvalue weighted by molar-refractivity contribution is 5.87. The van der Waals surface area contributed by atoms with Gasteiger partial charge in [0.1, 0.15) is 12.1 Å². The van der Waals surface area contributed by atoms with Crippen LogP contribution in [0.5, 0.6) is 0 Å². The molecule has 0 bridgehead atoms. The molecule has 0 aromatic heterocycles. The molecule has 2 unspecified atom stereocenters. The second-order valence-electron chi connectivity index (χ2n) is 15.5. The third-order valence-electron chi connectivity index (χ3n) is 10.1. The number of carbonyl (C=O) groups is 4. The van der Waals surface area contributed by atoms with Crippen LogP contribution >= 0.6 is 0 Å². The Hall–Kier alpha value is -3.46. The molecule has 0 aliphatic rings. The highest BCUT2D eigenvalue weighted by atomic mass is 16.5. The summed E-state index contributed by atoms with van der Waals surface area (Å²) in [6, 6.07) is -1.39. The maximum absolute atomic E-state index is 12.8. The Bertz CT molecular complexity index is 1160. The van der Waals surface area contributed by atoms with Crippen LogP contribution in [0.4, 0.5) is 0 Å². The van der Waals surface area contributed by atoms with Gasteiger partial charge in [-0.05, 0) is 64.2 Å². The first kappa shape index (κ1) is 54.5. The van der Waals surface area contributed by atoms with Crippen LogP contribution in [0.25, 0.3) is 0 Å². The monoisotopic (exact) mass is 813 g/mol. The SMILES string of the molecule is CC/C=C\C/C=C\C/C=C\C/C=C\C/C=C\CC(=O)OC(CCCCCCCCCCCCCCCCC)CCCCCCCC(=O)NCC(=O)NC(CO)C(=O)O. The van der Waals surface area contributed by atoms with Gasteiger partial charge in [-0.3, -0.25) is 14.4 Å². The summed E-state index contributed by atoms with van der Waals surface area (Å²) in [5.41, 5.74) is 0. The average Bonchev–Trinajstić information content (AvgIpc) is 3.21. The number of amides is 2. The second kappa shape index (κ2) is 43.1. The molecule has 0 saturated carbocycles. The van der Waals surface area contributed by atoms with E-state index >= 15 is 0 Å². The molecule has 0 heterocycles. The Morgan fingerprint density at radius 1 is 0.534 bits per heavy atom.